The maximum atomic E-state index is 12.3. The Balaban J connectivity index is 2.08. The summed E-state index contributed by atoms with van der Waals surface area (Å²) in [5, 5.41) is 0. The average Bonchev–Trinajstić information content (AvgIpc) is 2.94. The minimum atomic E-state index is -0.465. The molecule has 1 aliphatic heterocycles. The highest BCUT2D eigenvalue weighted by molar-refractivity contribution is 5.97. The number of rotatable bonds is 4. The van der Waals surface area contributed by atoms with Crippen molar-refractivity contribution in [2.75, 3.05) is 13.2 Å². The van der Waals surface area contributed by atoms with Crippen molar-refractivity contribution in [3.63, 3.8) is 0 Å². The summed E-state index contributed by atoms with van der Waals surface area (Å²) in [5.74, 6) is -0.458. The first-order valence-corrected chi connectivity index (χ1v) is 6.37. The maximum Gasteiger partial charge on any atom is 0.329 e. The third-order valence-corrected chi connectivity index (χ3v) is 3.15. The highest BCUT2D eigenvalue weighted by Crippen LogP contribution is 2.21. The van der Waals surface area contributed by atoms with E-state index in [1.807, 2.05) is 18.2 Å². The van der Waals surface area contributed by atoms with Crippen LogP contribution in [-0.4, -0.2) is 36.0 Å². The number of carbonyl (C=O) groups is 2. The molecule has 1 heterocycles. The fraction of sp³-hybridized carbons (Fsp3) is 0.333. The lowest BCUT2D eigenvalue weighted by atomic mass is 10.1. The largest absolute Gasteiger partial charge is 0.460 e. The third kappa shape index (κ3) is 3.02. The first kappa shape index (κ1) is 13.3. The van der Waals surface area contributed by atoms with Gasteiger partial charge in [-0.15, -0.1) is 0 Å². The maximum absolute atomic E-state index is 12.3. The molecule has 1 aromatic rings. The normalized spacial score (nSPS) is 18.1. The highest BCUT2D eigenvalue weighted by atomic mass is 16.5. The summed E-state index contributed by atoms with van der Waals surface area (Å²) in [4.78, 5) is 25.8. The van der Waals surface area contributed by atoms with Crippen molar-refractivity contribution in [2.24, 2.45) is 0 Å². The van der Waals surface area contributed by atoms with Crippen molar-refractivity contribution in [3.05, 3.63) is 48.6 Å². The molecule has 0 N–H and O–H groups in total. The number of amides is 1. The fourth-order valence-corrected chi connectivity index (χ4v) is 2.24. The Hall–Kier alpha value is -2.10. The molecule has 1 aliphatic rings. The molecule has 1 aromatic carbocycles. The summed E-state index contributed by atoms with van der Waals surface area (Å²) in [6.07, 6.45) is 3.01. The zero-order valence-electron chi connectivity index (χ0n) is 10.7. The van der Waals surface area contributed by atoms with Crippen LogP contribution < -0.4 is 0 Å². The van der Waals surface area contributed by atoms with Gasteiger partial charge in [0.2, 0.25) is 0 Å². The molecule has 4 heteroatoms. The highest BCUT2D eigenvalue weighted by Gasteiger charge is 2.35. The fourth-order valence-electron chi connectivity index (χ4n) is 2.24. The van der Waals surface area contributed by atoms with Crippen LogP contribution in [0.25, 0.3) is 0 Å². The molecule has 0 saturated carbocycles. The lowest BCUT2D eigenvalue weighted by Crippen LogP contribution is -2.41. The van der Waals surface area contributed by atoms with Crippen LogP contribution in [-0.2, 0) is 9.53 Å². The molecular formula is C15H17NO3. The van der Waals surface area contributed by atoms with Gasteiger partial charge in [0, 0.05) is 12.1 Å². The second-order valence-corrected chi connectivity index (χ2v) is 4.44. The summed E-state index contributed by atoms with van der Waals surface area (Å²) >= 11 is 0. The summed E-state index contributed by atoms with van der Waals surface area (Å²) in [7, 11) is 0. The van der Waals surface area contributed by atoms with E-state index >= 15 is 0 Å². The zero-order chi connectivity index (χ0) is 13.7. The van der Waals surface area contributed by atoms with Crippen LogP contribution in [0.2, 0.25) is 0 Å². The van der Waals surface area contributed by atoms with Crippen molar-refractivity contribution in [1.29, 1.82) is 0 Å². The molecule has 1 atom stereocenters. The Bertz CT molecular complexity index is 470. The monoisotopic (exact) mass is 259 g/mol. The van der Waals surface area contributed by atoms with E-state index in [0.29, 0.717) is 18.5 Å². The molecule has 0 radical (unpaired) electrons. The number of hydrogen-bond donors (Lipinski definition) is 0. The predicted molar refractivity (Wildman–Crippen MR) is 71.7 cm³/mol. The molecule has 0 bridgehead atoms. The van der Waals surface area contributed by atoms with Gasteiger partial charge in [0.1, 0.15) is 12.6 Å². The summed E-state index contributed by atoms with van der Waals surface area (Å²) in [5.41, 5.74) is 0.603. The van der Waals surface area contributed by atoms with Crippen LogP contribution in [0.5, 0.6) is 0 Å². The SMILES string of the molecule is C=CCOC(=O)C1CCCN1C(=O)c1ccccc1. The Morgan fingerprint density at radius 1 is 1.37 bits per heavy atom. The minimum absolute atomic E-state index is 0.112. The number of likely N-dealkylation sites (tertiary alicyclic amines) is 1. The van der Waals surface area contributed by atoms with Crippen molar-refractivity contribution < 1.29 is 14.3 Å². The lowest BCUT2D eigenvalue weighted by Gasteiger charge is -2.23. The first-order valence-electron chi connectivity index (χ1n) is 6.37. The molecular weight excluding hydrogens is 242 g/mol. The van der Waals surface area contributed by atoms with Crippen LogP contribution in [0.1, 0.15) is 23.2 Å². The van der Waals surface area contributed by atoms with E-state index in [4.69, 9.17) is 4.74 Å². The molecule has 1 unspecified atom stereocenters. The van der Waals surface area contributed by atoms with E-state index in [1.165, 1.54) is 6.08 Å². The van der Waals surface area contributed by atoms with Gasteiger partial charge in [-0.2, -0.15) is 0 Å². The van der Waals surface area contributed by atoms with Gasteiger partial charge in [0.25, 0.3) is 5.91 Å². The number of esters is 1. The Morgan fingerprint density at radius 2 is 2.11 bits per heavy atom. The molecule has 1 amide bonds. The number of hydrogen-bond acceptors (Lipinski definition) is 3. The van der Waals surface area contributed by atoms with E-state index < -0.39 is 6.04 Å². The van der Waals surface area contributed by atoms with E-state index in [9.17, 15) is 9.59 Å². The van der Waals surface area contributed by atoms with E-state index in [1.54, 1.807) is 17.0 Å². The van der Waals surface area contributed by atoms with Crippen molar-refractivity contribution in [1.82, 2.24) is 4.90 Å². The summed E-state index contributed by atoms with van der Waals surface area (Å²) in [6, 6.07) is 8.53. The van der Waals surface area contributed by atoms with Crippen molar-refractivity contribution >= 4 is 11.9 Å². The van der Waals surface area contributed by atoms with Gasteiger partial charge in [-0.05, 0) is 25.0 Å². The van der Waals surface area contributed by atoms with Crippen molar-refractivity contribution in [2.45, 2.75) is 18.9 Å². The zero-order valence-corrected chi connectivity index (χ0v) is 10.7. The Kier molecular flexibility index (Phi) is 4.34. The van der Waals surface area contributed by atoms with Crippen LogP contribution >= 0.6 is 0 Å². The molecule has 100 valence electrons. The number of nitrogens with zero attached hydrogens (tertiary/aromatic N) is 1. The van der Waals surface area contributed by atoms with Gasteiger partial charge in [-0.25, -0.2) is 4.79 Å². The van der Waals surface area contributed by atoms with Gasteiger partial charge in [0.15, 0.2) is 0 Å². The standard InChI is InChI=1S/C15H17NO3/c1-2-11-19-15(18)13-9-6-10-16(13)14(17)12-7-4-3-5-8-12/h2-5,7-8,13H,1,6,9-11H2. The van der Waals surface area contributed by atoms with Gasteiger partial charge in [0.05, 0.1) is 0 Å². The van der Waals surface area contributed by atoms with E-state index in [2.05, 4.69) is 6.58 Å². The summed E-state index contributed by atoms with van der Waals surface area (Å²) < 4.78 is 5.04. The Morgan fingerprint density at radius 3 is 2.79 bits per heavy atom. The smallest absolute Gasteiger partial charge is 0.329 e. The van der Waals surface area contributed by atoms with Crippen LogP contribution in [0, 0.1) is 0 Å². The van der Waals surface area contributed by atoms with Gasteiger partial charge < -0.3 is 9.64 Å². The predicted octanol–water partition coefficient (Wildman–Crippen LogP) is 2.02. The minimum Gasteiger partial charge on any atom is -0.460 e. The third-order valence-electron chi connectivity index (χ3n) is 3.15. The van der Waals surface area contributed by atoms with E-state index in [0.717, 1.165) is 6.42 Å². The quantitative estimate of drug-likeness (QED) is 0.614. The van der Waals surface area contributed by atoms with Crippen LogP contribution in [0.3, 0.4) is 0 Å². The molecule has 19 heavy (non-hydrogen) atoms. The Labute approximate surface area is 112 Å². The topological polar surface area (TPSA) is 46.6 Å². The molecule has 4 nitrogen and oxygen atoms in total. The van der Waals surface area contributed by atoms with Gasteiger partial charge in [-0.1, -0.05) is 30.9 Å². The molecule has 1 saturated heterocycles. The average molecular weight is 259 g/mol. The molecule has 1 fully saturated rings. The molecule has 0 spiro atoms. The second kappa shape index (κ2) is 6.18. The lowest BCUT2D eigenvalue weighted by molar-refractivity contribution is -0.146. The number of carbonyl (C=O) groups excluding carboxylic acids is 2. The van der Waals surface area contributed by atoms with E-state index in [-0.39, 0.29) is 18.5 Å². The second-order valence-electron chi connectivity index (χ2n) is 4.44. The number of ether oxygens (including phenoxy) is 1. The molecule has 0 aromatic heterocycles. The van der Waals surface area contributed by atoms with Gasteiger partial charge in [-0.3, -0.25) is 4.79 Å². The van der Waals surface area contributed by atoms with Gasteiger partial charge >= 0.3 is 5.97 Å². The molecule has 0 aliphatic carbocycles. The van der Waals surface area contributed by atoms with Crippen LogP contribution in [0.4, 0.5) is 0 Å². The summed E-state index contributed by atoms with van der Waals surface area (Å²) in [6.45, 7) is 4.29. The first-order chi connectivity index (χ1) is 9.24. The number of benzene rings is 1. The van der Waals surface area contributed by atoms with Crippen LogP contribution in [0.15, 0.2) is 43.0 Å². The molecule has 2 rings (SSSR count). The van der Waals surface area contributed by atoms with Crippen molar-refractivity contribution in [3.8, 4) is 0 Å².